The van der Waals surface area contributed by atoms with Crippen molar-refractivity contribution in [1.82, 2.24) is 4.98 Å². The predicted molar refractivity (Wildman–Crippen MR) is 66.7 cm³/mol. The summed E-state index contributed by atoms with van der Waals surface area (Å²) in [5.41, 5.74) is 6.86. The molecular weight excluding hydrogens is 240 g/mol. The first kappa shape index (κ1) is 13.9. The van der Waals surface area contributed by atoms with Crippen molar-refractivity contribution >= 4 is 9.84 Å². The average molecular weight is 258 g/mol. The van der Waals surface area contributed by atoms with Gasteiger partial charge < -0.3 is 10.5 Å². The summed E-state index contributed by atoms with van der Waals surface area (Å²) in [6, 6.07) is 1.57. The number of methoxy groups -OCH3 is 1. The van der Waals surface area contributed by atoms with Crippen LogP contribution in [0.5, 0.6) is 5.75 Å². The molecule has 0 fully saturated rings. The highest BCUT2D eigenvalue weighted by atomic mass is 32.2. The third kappa shape index (κ3) is 4.70. The highest BCUT2D eigenvalue weighted by Gasteiger charge is 2.12. The van der Waals surface area contributed by atoms with Crippen molar-refractivity contribution in [3.05, 3.63) is 24.0 Å². The first-order valence-corrected chi connectivity index (χ1v) is 7.41. The van der Waals surface area contributed by atoms with Crippen molar-refractivity contribution in [1.29, 1.82) is 0 Å². The zero-order valence-corrected chi connectivity index (χ0v) is 10.9. The molecule has 0 saturated carbocycles. The van der Waals surface area contributed by atoms with Crippen LogP contribution in [0.3, 0.4) is 0 Å². The zero-order chi connectivity index (χ0) is 12.9. The molecule has 0 aliphatic carbocycles. The zero-order valence-electron chi connectivity index (χ0n) is 10.1. The average Bonchev–Trinajstić information content (AvgIpc) is 2.27. The van der Waals surface area contributed by atoms with E-state index in [4.69, 9.17) is 10.5 Å². The molecule has 0 amide bonds. The number of nitrogens with zero attached hydrogens (tertiary/aromatic N) is 1. The van der Waals surface area contributed by atoms with E-state index in [-0.39, 0.29) is 11.8 Å². The Kier molecular flexibility index (Phi) is 4.89. The van der Waals surface area contributed by atoms with E-state index in [2.05, 4.69) is 4.98 Å². The molecule has 1 aromatic heterocycles. The molecule has 0 aliphatic rings. The molecule has 1 atom stereocenters. The Hall–Kier alpha value is -1.14. The summed E-state index contributed by atoms with van der Waals surface area (Å²) in [6.45, 7) is 0. The van der Waals surface area contributed by atoms with Gasteiger partial charge in [-0.05, 0) is 18.9 Å². The van der Waals surface area contributed by atoms with Crippen molar-refractivity contribution < 1.29 is 13.2 Å². The van der Waals surface area contributed by atoms with E-state index >= 15 is 0 Å². The van der Waals surface area contributed by atoms with E-state index in [1.54, 1.807) is 25.6 Å². The number of nitrogens with two attached hydrogens (primary N) is 1. The van der Waals surface area contributed by atoms with Gasteiger partial charge in [-0.3, -0.25) is 4.98 Å². The van der Waals surface area contributed by atoms with Gasteiger partial charge in [0.2, 0.25) is 0 Å². The SMILES string of the molecule is COc1cnccc1C(N)CCCS(C)(=O)=O. The van der Waals surface area contributed by atoms with Crippen molar-refractivity contribution in [2.45, 2.75) is 18.9 Å². The molecule has 1 heterocycles. The van der Waals surface area contributed by atoms with Crippen LogP contribution in [-0.2, 0) is 9.84 Å². The van der Waals surface area contributed by atoms with Gasteiger partial charge in [-0.2, -0.15) is 0 Å². The minimum absolute atomic E-state index is 0.161. The van der Waals surface area contributed by atoms with Crippen LogP contribution in [0.1, 0.15) is 24.4 Å². The van der Waals surface area contributed by atoms with Crippen molar-refractivity contribution in [3.8, 4) is 5.75 Å². The van der Waals surface area contributed by atoms with E-state index in [1.807, 2.05) is 0 Å². The van der Waals surface area contributed by atoms with Crippen LogP contribution in [0.4, 0.5) is 0 Å². The summed E-state index contributed by atoms with van der Waals surface area (Å²) >= 11 is 0. The molecule has 17 heavy (non-hydrogen) atoms. The Balaban J connectivity index is 2.61. The fraction of sp³-hybridized carbons (Fsp3) is 0.545. The number of ether oxygens (including phenoxy) is 1. The Labute approximate surface area is 102 Å². The van der Waals surface area contributed by atoms with Crippen LogP contribution in [0.2, 0.25) is 0 Å². The van der Waals surface area contributed by atoms with Crippen molar-refractivity contribution in [2.24, 2.45) is 5.73 Å². The van der Waals surface area contributed by atoms with Gasteiger partial charge in [-0.15, -0.1) is 0 Å². The first-order chi connectivity index (χ1) is 7.94. The largest absolute Gasteiger partial charge is 0.495 e. The number of hydrogen-bond acceptors (Lipinski definition) is 5. The molecular formula is C11H18N2O3S. The van der Waals surface area contributed by atoms with Gasteiger partial charge in [-0.1, -0.05) is 0 Å². The summed E-state index contributed by atoms with van der Waals surface area (Å²) in [7, 11) is -1.36. The normalized spacial score (nSPS) is 13.4. The van der Waals surface area contributed by atoms with Gasteiger partial charge in [0.25, 0.3) is 0 Å². The standard InChI is InChI=1S/C11H18N2O3S/c1-16-11-8-13-6-5-9(11)10(12)4-3-7-17(2,14)15/h5-6,8,10H,3-4,7,12H2,1-2H3. The van der Waals surface area contributed by atoms with Crippen LogP contribution in [0, 0.1) is 0 Å². The summed E-state index contributed by atoms with van der Waals surface area (Å²) in [5.74, 6) is 0.799. The molecule has 0 spiro atoms. The third-order valence-corrected chi connectivity index (χ3v) is 3.50. The molecule has 96 valence electrons. The van der Waals surface area contributed by atoms with E-state index in [0.717, 1.165) is 5.56 Å². The fourth-order valence-corrected chi connectivity index (χ4v) is 2.28. The summed E-state index contributed by atoms with van der Waals surface area (Å²) in [6.07, 6.45) is 5.63. The predicted octanol–water partition coefficient (Wildman–Crippen LogP) is 0.915. The topological polar surface area (TPSA) is 82.3 Å². The third-order valence-electron chi connectivity index (χ3n) is 2.47. The van der Waals surface area contributed by atoms with Crippen LogP contribution in [0.25, 0.3) is 0 Å². The van der Waals surface area contributed by atoms with Crippen LogP contribution in [-0.4, -0.2) is 32.5 Å². The van der Waals surface area contributed by atoms with Gasteiger partial charge in [0.1, 0.15) is 15.6 Å². The van der Waals surface area contributed by atoms with Gasteiger partial charge in [-0.25, -0.2) is 8.42 Å². The number of sulfone groups is 1. The fourth-order valence-electron chi connectivity index (χ4n) is 1.59. The second-order valence-electron chi connectivity index (χ2n) is 4.00. The summed E-state index contributed by atoms with van der Waals surface area (Å²) < 4.78 is 27.1. The molecule has 0 aromatic carbocycles. The van der Waals surface area contributed by atoms with Gasteiger partial charge in [0.05, 0.1) is 13.3 Å². The highest BCUT2D eigenvalue weighted by Crippen LogP contribution is 2.24. The maximum absolute atomic E-state index is 11.0. The minimum atomic E-state index is -2.92. The molecule has 1 aromatic rings. The lowest BCUT2D eigenvalue weighted by molar-refractivity contribution is 0.402. The molecule has 5 nitrogen and oxygen atoms in total. The van der Waals surface area contributed by atoms with Crippen molar-refractivity contribution in [3.63, 3.8) is 0 Å². The minimum Gasteiger partial charge on any atom is -0.495 e. The number of pyridine rings is 1. The number of hydrogen-bond donors (Lipinski definition) is 1. The van der Waals surface area contributed by atoms with E-state index < -0.39 is 9.84 Å². The van der Waals surface area contributed by atoms with Gasteiger partial charge in [0.15, 0.2) is 0 Å². The second-order valence-corrected chi connectivity index (χ2v) is 6.26. The molecule has 0 saturated heterocycles. The lowest BCUT2D eigenvalue weighted by Gasteiger charge is -2.14. The van der Waals surface area contributed by atoms with Crippen LogP contribution >= 0.6 is 0 Å². The van der Waals surface area contributed by atoms with Gasteiger partial charge in [0, 0.05) is 29.8 Å². The maximum Gasteiger partial charge on any atom is 0.147 e. The molecule has 0 radical (unpaired) electrons. The molecule has 1 rings (SSSR count). The molecule has 0 bridgehead atoms. The Morgan fingerprint density at radius 1 is 1.53 bits per heavy atom. The summed E-state index contributed by atoms with van der Waals surface area (Å²) in [5, 5.41) is 0. The Morgan fingerprint density at radius 2 is 2.24 bits per heavy atom. The molecule has 0 aliphatic heterocycles. The Bertz CT molecular complexity index is 460. The van der Waals surface area contributed by atoms with E-state index in [0.29, 0.717) is 18.6 Å². The van der Waals surface area contributed by atoms with Crippen LogP contribution < -0.4 is 10.5 Å². The van der Waals surface area contributed by atoms with Gasteiger partial charge >= 0.3 is 0 Å². The Morgan fingerprint density at radius 3 is 2.82 bits per heavy atom. The van der Waals surface area contributed by atoms with Crippen molar-refractivity contribution in [2.75, 3.05) is 19.1 Å². The maximum atomic E-state index is 11.0. The first-order valence-electron chi connectivity index (χ1n) is 5.35. The lowest BCUT2D eigenvalue weighted by atomic mass is 10.0. The lowest BCUT2D eigenvalue weighted by Crippen LogP contribution is -2.13. The molecule has 2 N–H and O–H groups in total. The number of rotatable bonds is 6. The summed E-state index contributed by atoms with van der Waals surface area (Å²) in [4.78, 5) is 3.94. The molecule has 1 unspecified atom stereocenters. The van der Waals surface area contributed by atoms with Crippen LogP contribution in [0.15, 0.2) is 18.5 Å². The highest BCUT2D eigenvalue weighted by molar-refractivity contribution is 7.90. The second kappa shape index (κ2) is 5.97. The van der Waals surface area contributed by atoms with E-state index in [1.165, 1.54) is 6.26 Å². The smallest absolute Gasteiger partial charge is 0.147 e. The van der Waals surface area contributed by atoms with E-state index in [9.17, 15) is 8.42 Å². The molecule has 6 heteroatoms. The quantitative estimate of drug-likeness (QED) is 0.820. The number of aromatic nitrogens is 1. The monoisotopic (exact) mass is 258 g/mol.